The van der Waals surface area contributed by atoms with Crippen LogP contribution in [-0.4, -0.2) is 40.1 Å². The van der Waals surface area contributed by atoms with Crippen LogP contribution in [0.1, 0.15) is 34.3 Å². The second-order valence-corrected chi connectivity index (χ2v) is 12.7. The average Bonchev–Trinajstić information content (AvgIpc) is 3.38. The molecule has 1 saturated heterocycles. The van der Waals surface area contributed by atoms with Gasteiger partial charge in [-0.1, -0.05) is 23.7 Å². The molecule has 8 nitrogen and oxygen atoms in total. The number of halogens is 1. The van der Waals surface area contributed by atoms with Crippen molar-refractivity contribution in [3.8, 4) is 0 Å². The molecule has 0 aliphatic carbocycles. The summed E-state index contributed by atoms with van der Waals surface area (Å²) in [6.07, 6.45) is 1.68. The summed E-state index contributed by atoms with van der Waals surface area (Å²) in [5.41, 5.74) is 2.49. The van der Waals surface area contributed by atoms with Crippen LogP contribution in [0.15, 0.2) is 70.5 Å². The van der Waals surface area contributed by atoms with Crippen LogP contribution in [0, 0.1) is 13.8 Å². The first-order chi connectivity index (χ1) is 17.0. The van der Waals surface area contributed by atoms with Gasteiger partial charge in [0.15, 0.2) is 0 Å². The van der Waals surface area contributed by atoms with E-state index in [0.29, 0.717) is 24.5 Å². The number of carbonyl (C=O) groups excluding carboxylic acids is 1. The van der Waals surface area contributed by atoms with E-state index < -0.39 is 26.0 Å². The lowest BCUT2D eigenvalue weighted by molar-refractivity contribution is 0.102. The van der Waals surface area contributed by atoms with E-state index in [0.717, 1.165) is 24.0 Å². The van der Waals surface area contributed by atoms with E-state index in [1.165, 1.54) is 46.8 Å². The predicted molar refractivity (Wildman–Crippen MR) is 141 cm³/mol. The molecule has 3 aromatic rings. The van der Waals surface area contributed by atoms with E-state index in [-0.39, 0.29) is 20.4 Å². The summed E-state index contributed by atoms with van der Waals surface area (Å²) in [5, 5.41) is 2.64. The number of nitrogens with zero attached hydrogens (tertiary/aromatic N) is 1. The third-order valence-electron chi connectivity index (χ3n) is 5.94. The van der Waals surface area contributed by atoms with Gasteiger partial charge in [0.1, 0.15) is 4.90 Å². The van der Waals surface area contributed by atoms with Gasteiger partial charge in [0, 0.05) is 24.3 Å². The molecule has 0 saturated carbocycles. The van der Waals surface area contributed by atoms with Crippen molar-refractivity contribution < 1.29 is 21.6 Å². The second kappa shape index (κ2) is 10.2. The molecule has 0 spiro atoms. The molecule has 1 aliphatic rings. The Labute approximate surface area is 216 Å². The van der Waals surface area contributed by atoms with Crippen molar-refractivity contribution >= 4 is 48.9 Å². The van der Waals surface area contributed by atoms with Crippen LogP contribution in [0.4, 0.5) is 11.4 Å². The van der Waals surface area contributed by atoms with Crippen LogP contribution in [-0.2, 0) is 20.0 Å². The van der Waals surface area contributed by atoms with Crippen molar-refractivity contribution in [2.75, 3.05) is 23.1 Å². The number of hydrogen-bond acceptors (Lipinski definition) is 5. The Kier molecular flexibility index (Phi) is 7.42. The number of carbonyl (C=O) groups is 1. The van der Waals surface area contributed by atoms with E-state index in [9.17, 15) is 21.6 Å². The van der Waals surface area contributed by atoms with Crippen LogP contribution in [0.2, 0.25) is 5.02 Å². The highest BCUT2D eigenvalue weighted by atomic mass is 35.5. The first kappa shape index (κ1) is 26.2. The first-order valence-corrected chi connectivity index (χ1v) is 14.6. The fraction of sp³-hybridized carbons (Fsp3) is 0.240. The summed E-state index contributed by atoms with van der Waals surface area (Å²) >= 11 is 6.19. The first-order valence-electron chi connectivity index (χ1n) is 11.3. The van der Waals surface area contributed by atoms with E-state index in [1.807, 2.05) is 13.0 Å². The quantitative estimate of drug-likeness (QED) is 0.441. The third kappa shape index (κ3) is 5.57. The lowest BCUT2D eigenvalue weighted by atomic mass is 10.1. The summed E-state index contributed by atoms with van der Waals surface area (Å²) in [5.74, 6) is -0.565. The van der Waals surface area contributed by atoms with Gasteiger partial charge in [-0.2, -0.15) is 4.31 Å². The Morgan fingerprint density at radius 1 is 0.889 bits per heavy atom. The van der Waals surface area contributed by atoms with Gasteiger partial charge in [0.2, 0.25) is 10.0 Å². The van der Waals surface area contributed by atoms with Gasteiger partial charge >= 0.3 is 0 Å². The Morgan fingerprint density at radius 3 is 2.22 bits per heavy atom. The van der Waals surface area contributed by atoms with Gasteiger partial charge in [-0.25, -0.2) is 16.8 Å². The number of benzene rings is 3. The molecule has 0 aromatic heterocycles. The smallest absolute Gasteiger partial charge is 0.263 e. The molecule has 190 valence electrons. The lowest BCUT2D eigenvalue weighted by Crippen LogP contribution is -2.27. The van der Waals surface area contributed by atoms with Crippen LogP contribution >= 0.6 is 11.6 Å². The molecular formula is C25H26ClN3O5S2. The molecule has 1 fully saturated rings. The highest BCUT2D eigenvalue weighted by Crippen LogP contribution is 2.28. The number of aryl methyl sites for hydroxylation is 2. The van der Waals surface area contributed by atoms with Gasteiger partial charge in [-0.15, -0.1) is 0 Å². The highest BCUT2D eigenvalue weighted by molar-refractivity contribution is 7.92. The fourth-order valence-electron chi connectivity index (χ4n) is 3.89. The van der Waals surface area contributed by atoms with Crippen LogP contribution in [0.25, 0.3) is 0 Å². The molecule has 0 atom stereocenters. The average molecular weight is 548 g/mol. The molecule has 0 bridgehead atoms. The molecule has 1 heterocycles. The number of amides is 1. The SMILES string of the molecule is Cc1ccc(C)c(NS(=O)(=O)c2cc(C(=O)Nc3ccc(S(=O)(=O)N4CCCC4)cc3)ccc2Cl)c1. The maximum absolute atomic E-state index is 13.1. The standard InChI is InChI=1S/C25H26ClN3O5S2/c1-17-5-6-18(2)23(15-17)28-35(31,32)24-16-19(7-12-22(24)26)25(30)27-20-8-10-21(11-9-20)36(33,34)29-13-3-4-14-29/h5-12,15-16,28H,3-4,13-14H2,1-2H3,(H,27,30). The number of anilines is 2. The van der Waals surface area contributed by atoms with E-state index in [2.05, 4.69) is 10.0 Å². The van der Waals surface area contributed by atoms with Crippen LogP contribution in [0.5, 0.6) is 0 Å². The third-order valence-corrected chi connectivity index (χ3v) is 9.70. The van der Waals surface area contributed by atoms with Crippen molar-refractivity contribution in [1.29, 1.82) is 0 Å². The molecular weight excluding hydrogens is 522 g/mol. The summed E-state index contributed by atoms with van der Waals surface area (Å²) in [6.45, 7) is 4.63. The lowest BCUT2D eigenvalue weighted by Gasteiger charge is -2.16. The maximum Gasteiger partial charge on any atom is 0.263 e. The second-order valence-electron chi connectivity index (χ2n) is 8.66. The Hall–Kier alpha value is -2.92. The number of nitrogens with one attached hydrogen (secondary N) is 2. The molecule has 2 N–H and O–H groups in total. The van der Waals surface area contributed by atoms with Gasteiger partial charge in [-0.3, -0.25) is 9.52 Å². The Morgan fingerprint density at radius 2 is 1.56 bits per heavy atom. The summed E-state index contributed by atoms with van der Waals surface area (Å²) in [4.78, 5) is 12.8. The van der Waals surface area contributed by atoms with E-state index >= 15 is 0 Å². The van der Waals surface area contributed by atoms with Crippen molar-refractivity contribution in [3.63, 3.8) is 0 Å². The molecule has 0 radical (unpaired) electrons. The minimum Gasteiger partial charge on any atom is -0.322 e. The number of hydrogen-bond donors (Lipinski definition) is 2. The van der Waals surface area contributed by atoms with Crippen LogP contribution < -0.4 is 10.0 Å². The monoisotopic (exact) mass is 547 g/mol. The zero-order valence-corrected chi connectivity index (χ0v) is 22.2. The normalized spacial score (nSPS) is 14.5. The van der Waals surface area contributed by atoms with Gasteiger partial charge < -0.3 is 5.32 Å². The molecule has 1 aliphatic heterocycles. The van der Waals surface area contributed by atoms with Crippen molar-refractivity contribution in [2.45, 2.75) is 36.5 Å². The maximum atomic E-state index is 13.1. The fourth-order valence-corrected chi connectivity index (χ4v) is 7.05. The van der Waals surface area contributed by atoms with Crippen molar-refractivity contribution in [2.24, 2.45) is 0 Å². The summed E-state index contributed by atoms with van der Waals surface area (Å²) in [7, 11) is -7.64. The highest BCUT2D eigenvalue weighted by Gasteiger charge is 2.27. The zero-order valence-electron chi connectivity index (χ0n) is 19.8. The minimum absolute atomic E-state index is 0.0270. The Bertz CT molecular complexity index is 1520. The van der Waals surface area contributed by atoms with Gasteiger partial charge in [-0.05, 0) is 86.3 Å². The largest absolute Gasteiger partial charge is 0.322 e. The minimum atomic E-state index is -4.08. The molecule has 11 heteroatoms. The number of rotatable bonds is 7. The molecule has 36 heavy (non-hydrogen) atoms. The van der Waals surface area contributed by atoms with E-state index in [4.69, 9.17) is 11.6 Å². The molecule has 4 rings (SSSR count). The van der Waals surface area contributed by atoms with Crippen LogP contribution in [0.3, 0.4) is 0 Å². The molecule has 0 unspecified atom stereocenters. The zero-order chi connectivity index (χ0) is 26.1. The summed E-state index contributed by atoms with van der Waals surface area (Å²) in [6, 6.07) is 15.2. The Balaban J connectivity index is 1.53. The van der Waals surface area contributed by atoms with Crippen molar-refractivity contribution in [1.82, 2.24) is 4.31 Å². The van der Waals surface area contributed by atoms with Gasteiger partial charge in [0.25, 0.3) is 15.9 Å². The number of sulfonamides is 2. The summed E-state index contributed by atoms with van der Waals surface area (Å²) < 4.78 is 55.5. The van der Waals surface area contributed by atoms with E-state index in [1.54, 1.807) is 19.1 Å². The molecule has 1 amide bonds. The van der Waals surface area contributed by atoms with Gasteiger partial charge in [0.05, 0.1) is 15.6 Å². The van der Waals surface area contributed by atoms with Crippen molar-refractivity contribution in [3.05, 3.63) is 82.4 Å². The predicted octanol–water partition coefficient (Wildman–Crippen LogP) is 4.79. The topological polar surface area (TPSA) is 113 Å². The molecule has 3 aromatic carbocycles.